The van der Waals surface area contributed by atoms with Crippen molar-refractivity contribution in [3.05, 3.63) is 9.95 Å². The zero-order valence-corrected chi connectivity index (χ0v) is 6.05. The molecule has 0 aromatic heterocycles. The van der Waals surface area contributed by atoms with E-state index in [1.54, 1.807) is 0 Å². The van der Waals surface area contributed by atoms with E-state index in [2.05, 4.69) is 9.95 Å². The topological polar surface area (TPSA) is 8.72 Å². The number of hydrogen-bond donors (Lipinski definition) is 0. The molecule has 46 valence electrons. The van der Waals surface area contributed by atoms with Gasteiger partial charge in [0.25, 0.3) is 9.95 Å². The predicted molar refractivity (Wildman–Crippen MR) is 37.0 cm³/mol. The van der Waals surface area contributed by atoms with Crippen molar-refractivity contribution in [2.75, 3.05) is 0 Å². The predicted octanol–water partition coefficient (Wildman–Crippen LogP) is 2.47. The molecular formula is C6H14N2+2. The molecule has 0 radical (unpaired) electrons. The first-order chi connectivity index (χ1) is 3.63. The molecule has 0 atom stereocenters. The molecule has 2 nitrogen and oxygen atoms in total. The normalized spacial score (nSPS) is 9.25. The maximum atomic E-state index is 3.95. The van der Waals surface area contributed by atoms with Gasteiger partial charge >= 0.3 is 12.1 Å². The smallest absolute Gasteiger partial charge is 0.0233 e. The summed E-state index contributed by atoms with van der Waals surface area (Å²) in [7, 11) is 0. The first kappa shape index (κ1) is 7.42. The molecule has 0 heterocycles. The molecule has 0 bridgehead atoms. The lowest BCUT2D eigenvalue weighted by Crippen LogP contribution is -1.85. The molecule has 0 aliphatic heterocycles. The zero-order valence-electron chi connectivity index (χ0n) is 6.05. The SMILES string of the molecule is CC(C)[N+]#[N+]C(C)C. The van der Waals surface area contributed by atoms with Gasteiger partial charge in [0.05, 0.1) is 0 Å². The second-order valence-electron chi connectivity index (χ2n) is 2.42. The molecule has 0 aromatic carbocycles. The van der Waals surface area contributed by atoms with Crippen LogP contribution in [0.25, 0.3) is 9.95 Å². The van der Waals surface area contributed by atoms with Gasteiger partial charge in [0, 0.05) is 27.7 Å². The molecule has 0 N–H and O–H groups in total. The number of hydrogen-bond acceptors (Lipinski definition) is 0. The van der Waals surface area contributed by atoms with Crippen LogP contribution in [0.5, 0.6) is 0 Å². The fourth-order valence-electron chi connectivity index (χ4n) is 0.267. The largest absolute Gasteiger partial charge is 0.349 e. The first-order valence-electron chi connectivity index (χ1n) is 3.03. The van der Waals surface area contributed by atoms with Gasteiger partial charge in [0.15, 0.2) is 0 Å². The summed E-state index contributed by atoms with van der Waals surface area (Å²) in [6.45, 7) is 8.08. The van der Waals surface area contributed by atoms with Crippen molar-refractivity contribution in [2.45, 2.75) is 39.8 Å². The molecule has 0 fully saturated rings. The Balaban J connectivity index is 3.50. The highest BCUT2D eigenvalue weighted by Gasteiger charge is 2.11. The van der Waals surface area contributed by atoms with E-state index in [9.17, 15) is 0 Å². The van der Waals surface area contributed by atoms with Crippen LogP contribution >= 0.6 is 0 Å². The minimum Gasteiger partial charge on any atom is 0.0233 e. The highest BCUT2D eigenvalue weighted by molar-refractivity contribution is 4.79. The van der Waals surface area contributed by atoms with E-state index in [1.807, 2.05) is 27.7 Å². The molecule has 0 aliphatic rings. The molecule has 0 unspecified atom stereocenters. The Bertz CT molecular complexity index is 93.4. The van der Waals surface area contributed by atoms with Crippen molar-refractivity contribution in [1.82, 2.24) is 0 Å². The van der Waals surface area contributed by atoms with Crippen LogP contribution in [0.15, 0.2) is 0 Å². The number of rotatable bonds is 0. The summed E-state index contributed by atoms with van der Waals surface area (Å²) in [5, 5.41) is 0. The molecule has 0 saturated carbocycles. The molecule has 0 aromatic rings. The Labute approximate surface area is 50.7 Å². The Morgan fingerprint density at radius 2 is 1.00 bits per heavy atom. The fourth-order valence-corrected chi connectivity index (χ4v) is 0.267. The van der Waals surface area contributed by atoms with Crippen LogP contribution in [0.3, 0.4) is 0 Å². The Kier molecular flexibility index (Phi) is 3.18. The quantitative estimate of drug-likeness (QED) is 0.428. The van der Waals surface area contributed by atoms with E-state index in [0.717, 1.165) is 0 Å². The summed E-state index contributed by atoms with van der Waals surface area (Å²) >= 11 is 0. The Morgan fingerprint density at radius 1 is 0.750 bits per heavy atom. The Hall–Kier alpha value is -0.580. The van der Waals surface area contributed by atoms with Crippen LogP contribution in [0, 0.1) is 0 Å². The highest BCUT2D eigenvalue weighted by atomic mass is 15.0. The van der Waals surface area contributed by atoms with Gasteiger partial charge in [-0.25, -0.2) is 0 Å². The fraction of sp³-hybridized carbons (Fsp3) is 1.00. The van der Waals surface area contributed by atoms with Crippen molar-refractivity contribution in [3.8, 4) is 0 Å². The van der Waals surface area contributed by atoms with Gasteiger partial charge in [-0.3, -0.25) is 0 Å². The van der Waals surface area contributed by atoms with Gasteiger partial charge in [0.2, 0.25) is 0 Å². The highest BCUT2D eigenvalue weighted by Crippen LogP contribution is 1.90. The average molecular weight is 114 g/mol. The third-order valence-electron chi connectivity index (χ3n) is 0.529. The Morgan fingerprint density at radius 3 is 1.12 bits per heavy atom. The maximum Gasteiger partial charge on any atom is 0.349 e. The van der Waals surface area contributed by atoms with Crippen molar-refractivity contribution in [1.29, 1.82) is 0 Å². The van der Waals surface area contributed by atoms with Gasteiger partial charge in [-0.15, -0.1) is 0 Å². The summed E-state index contributed by atoms with van der Waals surface area (Å²) in [4.78, 5) is 7.90. The second kappa shape index (κ2) is 3.43. The van der Waals surface area contributed by atoms with E-state index in [0.29, 0.717) is 12.1 Å². The molecule has 8 heavy (non-hydrogen) atoms. The van der Waals surface area contributed by atoms with Crippen LogP contribution < -0.4 is 0 Å². The molecule has 0 saturated heterocycles. The van der Waals surface area contributed by atoms with Crippen LogP contribution in [-0.2, 0) is 0 Å². The first-order valence-corrected chi connectivity index (χ1v) is 3.03. The standard InChI is InChI=1S/C6H14N2/c1-5(2)7-8-6(3)4/h5-6H,1-4H3/q+2. The molecule has 2 heteroatoms. The van der Waals surface area contributed by atoms with Gasteiger partial charge in [0.1, 0.15) is 0 Å². The number of diazo groups is 1. The zero-order chi connectivity index (χ0) is 6.57. The lowest BCUT2D eigenvalue weighted by Gasteiger charge is -1.62. The summed E-state index contributed by atoms with van der Waals surface area (Å²) in [6, 6.07) is 0.690. The molecule has 0 amide bonds. The lowest BCUT2D eigenvalue weighted by molar-refractivity contribution is 0.926. The second-order valence-corrected chi connectivity index (χ2v) is 2.42. The van der Waals surface area contributed by atoms with Crippen molar-refractivity contribution < 1.29 is 0 Å². The van der Waals surface area contributed by atoms with E-state index in [1.165, 1.54) is 0 Å². The van der Waals surface area contributed by atoms with Crippen molar-refractivity contribution in [3.63, 3.8) is 0 Å². The molecule has 0 aliphatic carbocycles. The van der Waals surface area contributed by atoms with Gasteiger partial charge < -0.3 is 0 Å². The molecule has 0 spiro atoms. The third kappa shape index (κ3) is 5.42. The average Bonchev–Trinajstić information content (AvgIpc) is 1.61. The van der Waals surface area contributed by atoms with E-state index in [4.69, 9.17) is 0 Å². The van der Waals surface area contributed by atoms with Gasteiger partial charge in [-0.2, -0.15) is 0 Å². The van der Waals surface area contributed by atoms with Crippen LogP contribution in [0.2, 0.25) is 0 Å². The van der Waals surface area contributed by atoms with E-state index < -0.39 is 0 Å². The summed E-state index contributed by atoms with van der Waals surface area (Å²) < 4.78 is 0. The third-order valence-corrected chi connectivity index (χ3v) is 0.529. The number of nitrogens with zero attached hydrogens (tertiary/aromatic N) is 2. The van der Waals surface area contributed by atoms with Gasteiger partial charge in [-0.1, -0.05) is 0 Å². The van der Waals surface area contributed by atoms with Crippen LogP contribution in [0.4, 0.5) is 0 Å². The van der Waals surface area contributed by atoms with Crippen LogP contribution in [-0.4, -0.2) is 12.1 Å². The monoisotopic (exact) mass is 114 g/mol. The van der Waals surface area contributed by atoms with E-state index >= 15 is 0 Å². The summed E-state index contributed by atoms with van der Waals surface area (Å²) in [5.41, 5.74) is 0. The lowest BCUT2D eigenvalue weighted by atomic mass is 10.4. The van der Waals surface area contributed by atoms with Crippen molar-refractivity contribution in [2.24, 2.45) is 0 Å². The summed E-state index contributed by atoms with van der Waals surface area (Å²) in [6.07, 6.45) is 0. The van der Waals surface area contributed by atoms with Crippen molar-refractivity contribution >= 4 is 0 Å². The maximum absolute atomic E-state index is 3.95. The minimum atomic E-state index is 0.345. The minimum absolute atomic E-state index is 0.345. The van der Waals surface area contributed by atoms with Crippen LogP contribution in [0.1, 0.15) is 27.7 Å². The molecule has 0 rings (SSSR count). The van der Waals surface area contributed by atoms with E-state index in [-0.39, 0.29) is 0 Å². The van der Waals surface area contributed by atoms with Gasteiger partial charge in [-0.05, 0) is 0 Å². The molecular weight excluding hydrogens is 100 g/mol. The summed E-state index contributed by atoms with van der Waals surface area (Å²) in [5.74, 6) is 0.